The van der Waals surface area contributed by atoms with Crippen LogP contribution in [0.1, 0.15) is 46.0 Å². The molecule has 1 aliphatic rings. The fraction of sp³-hybridized carbons (Fsp3) is 1.00. The van der Waals surface area contributed by atoms with Crippen LogP contribution in [0.5, 0.6) is 0 Å². The number of nitrogens with one attached hydrogen (secondary N) is 1. The lowest BCUT2D eigenvalue weighted by Gasteiger charge is -2.33. The molecule has 3 heteroatoms. The largest absolute Gasteiger partial charge is 0.385 e. The molecule has 0 aromatic carbocycles. The van der Waals surface area contributed by atoms with Gasteiger partial charge in [0.25, 0.3) is 0 Å². The van der Waals surface area contributed by atoms with Crippen molar-refractivity contribution in [2.75, 3.05) is 33.4 Å². The van der Waals surface area contributed by atoms with Gasteiger partial charge in [0.05, 0.1) is 0 Å². The maximum Gasteiger partial charge on any atom is 0.0476 e. The molecule has 0 bridgehead atoms. The molecule has 1 saturated heterocycles. The number of likely N-dealkylation sites (tertiary alicyclic amines) is 1. The predicted molar refractivity (Wildman–Crippen MR) is 73.5 cm³/mol. The van der Waals surface area contributed by atoms with Crippen molar-refractivity contribution in [1.29, 1.82) is 0 Å². The fourth-order valence-corrected chi connectivity index (χ4v) is 2.52. The smallest absolute Gasteiger partial charge is 0.0476 e. The van der Waals surface area contributed by atoms with Gasteiger partial charge in [-0.05, 0) is 59.2 Å². The summed E-state index contributed by atoms with van der Waals surface area (Å²) < 4.78 is 5.08. The molecule has 0 amide bonds. The van der Waals surface area contributed by atoms with E-state index in [0.29, 0.717) is 6.04 Å². The molecule has 0 radical (unpaired) electrons. The van der Waals surface area contributed by atoms with E-state index in [-0.39, 0.29) is 0 Å². The average Bonchev–Trinajstić information content (AvgIpc) is 2.34. The number of piperidine rings is 1. The van der Waals surface area contributed by atoms with Gasteiger partial charge in [-0.1, -0.05) is 6.42 Å². The molecule has 0 aliphatic carbocycles. The summed E-state index contributed by atoms with van der Waals surface area (Å²) in [7, 11) is 1.77. The molecule has 2 atom stereocenters. The van der Waals surface area contributed by atoms with Crippen LogP contribution < -0.4 is 5.32 Å². The Bertz CT molecular complexity index is 187. The molecule has 1 heterocycles. The number of rotatable bonds is 8. The van der Waals surface area contributed by atoms with Crippen LogP contribution in [0.3, 0.4) is 0 Å². The van der Waals surface area contributed by atoms with Gasteiger partial charge in [0.1, 0.15) is 0 Å². The van der Waals surface area contributed by atoms with Crippen molar-refractivity contribution in [3.05, 3.63) is 0 Å². The third kappa shape index (κ3) is 6.39. The van der Waals surface area contributed by atoms with Gasteiger partial charge in [-0.15, -0.1) is 0 Å². The van der Waals surface area contributed by atoms with Crippen LogP contribution in [-0.4, -0.2) is 50.3 Å². The molecule has 0 spiro atoms. The Kier molecular flexibility index (Phi) is 7.82. The topological polar surface area (TPSA) is 24.5 Å². The van der Waals surface area contributed by atoms with E-state index >= 15 is 0 Å². The Morgan fingerprint density at radius 3 is 2.94 bits per heavy atom. The van der Waals surface area contributed by atoms with E-state index in [2.05, 4.69) is 24.1 Å². The monoisotopic (exact) mass is 242 g/mol. The first-order chi connectivity index (χ1) is 8.24. The molecule has 0 aromatic heterocycles. The van der Waals surface area contributed by atoms with Gasteiger partial charge >= 0.3 is 0 Å². The lowest BCUT2D eigenvalue weighted by molar-refractivity contribution is 0.157. The Labute approximate surface area is 107 Å². The first-order valence-electron chi connectivity index (χ1n) is 7.20. The van der Waals surface area contributed by atoms with Gasteiger partial charge in [-0.3, -0.25) is 0 Å². The Morgan fingerprint density at radius 2 is 2.24 bits per heavy atom. The van der Waals surface area contributed by atoms with Crippen LogP contribution in [0.15, 0.2) is 0 Å². The minimum atomic E-state index is 0.578. The number of methoxy groups -OCH3 is 1. The third-order valence-corrected chi connectivity index (χ3v) is 3.81. The second-order valence-corrected chi connectivity index (χ2v) is 5.37. The Morgan fingerprint density at radius 1 is 1.41 bits per heavy atom. The van der Waals surface area contributed by atoms with E-state index in [1.807, 2.05) is 0 Å². The molecular formula is C14H30N2O. The summed E-state index contributed by atoms with van der Waals surface area (Å²) in [6.45, 7) is 9.16. The average molecular weight is 242 g/mol. The number of ether oxygens (including phenoxy) is 1. The first kappa shape index (κ1) is 14.9. The summed E-state index contributed by atoms with van der Waals surface area (Å²) in [5, 5.41) is 3.57. The molecule has 102 valence electrons. The van der Waals surface area contributed by atoms with Gasteiger partial charge in [-0.2, -0.15) is 0 Å². The molecule has 3 nitrogen and oxygen atoms in total. The highest BCUT2D eigenvalue weighted by Gasteiger charge is 2.16. The van der Waals surface area contributed by atoms with Crippen molar-refractivity contribution in [3.63, 3.8) is 0 Å². The Balaban J connectivity index is 1.99. The number of hydrogen-bond donors (Lipinski definition) is 1. The number of hydrogen-bond acceptors (Lipinski definition) is 3. The van der Waals surface area contributed by atoms with Crippen LogP contribution >= 0.6 is 0 Å². The minimum Gasteiger partial charge on any atom is -0.385 e. The maximum absolute atomic E-state index is 5.08. The van der Waals surface area contributed by atoms with E-state index in [1.54, 1.807) is 7.11 Å². The summed E-state index contributed by atoms with van der Waals surface area (Å²) in [6.07, 6.45) is 6.57. The van der Waals surface area contributed by atoms with Crippen molar-refractivity contribution < 1.29 is 4.74 Å². The van der Waals surface area contributed by atoms with E-state index in [0.717, 1.165) is 25.6 Å². The molecule has 17 heavy (non-hydrogen) atoms. The number of nitrogens with zero attached hydrogens (tertiary/aromatic N) is 1. The first-order valence-corrected chi connectivity index (χ1v) is 7.20. The van der Waals surface area contributed by atoms with Crippen molar-refractivity contribution >= 4 is 0 Å². The molecule has 2 unspecified atom stereocenters. The molecule has 0 aromatic rings. The quantitative estimate of drug-likeness (QED) is 0.661. The molecule has 1 fully saturated rings. The molecule has 1 rings (SSSR count). The van der Waals surface area contributed by atoms with Crippen molar-refractivity contribution in [3.8, 4) is 0 Å². The van der Waals surface area contributed by atoms with Crippen molar-refractivity contribution in [2.45, 2.75) is 58.0 Å². The summed E-state index contributed by atoms with van der Waals surface area (Å²) >= 11 is 0. The molecular weight excluding hydrogens is 212 g/mol. The normalized spacial score (nSPS) is 23.8. The molecule has 0 saturated carbocycles. The lowest BCUT2D eigenvalue weighted by Crippen LogP contribution is -2.39. The molecule has 1 aliphatic heterocycles. The lowest BCUT2D eigenvalue weighted by atomic mass is 10.0. The molecule has 1 N–H and O–H groups in total. The van der Waals surface area contributed by atoms with E-state index in [4.69, 9.17) is 4.74 Å². The highest BCUT2D eigenvalue weighted by atomic mass is 16.5. The van der Waals surface area contributed by atoms with Crippen molar-refractivity contribution in [1.82, 2.24) is 10.2 Å². The Hall–Kier alpha value is -0.120. The highest BCUT2D eigenvalue weighted by molar-refractivity contribution is 4.73. The minimum absolute atomic E-state index is 0.578. The summed E-state index contributed by atoms with van der Waals surface area (Å²) in [4.78, 5) is 2.64. The van der Waals surface area contributed by atoms with Crippen molar-refractivity contribution in [2.24, 2.45) is 0 Å². The second kappa shape index (κ2) is 8.90. The SMILES string of the molecule is COCCC(C)NCCCN1CCCCC1C. The zero-order valence-corrected chi connectivity index (χ0v) is 11.9. The zero-order valence-electron chi connectivity index (χ0n) is 11.9. The second-order valence-electron chi connectivity index (χ2n) is 5.37. The summed E-state index contributed by atoms with van der Waals surface area (Å²) in [6, 6.07) is 1.38. The van der Waals surface area contributed by atoms with Crippen LogP contribution in [0, 0.1) is 0 Å². The predicted octanol–water partition coefficient (Wildman–Crippen LogP) is 2.27. The third-order valence-electron chi connectivity index (χ3n) is 3.81. The van der Waals surface area contributed by atoms with Crippen LogP contribution in [0.2, 0.25) is 0 Å². The van der Waals surface area contributed by atoms with E-state index in [9.17, 15) is 0 Å². The standard InChI is InChI=1S/C14H30N2O/c1-13(8-12-17-3)15-9-6-11-16-10-5-4-7-14(16)2/h13-15H,4-12H2,1-3H3. The van der Waals surface area contributed by atoms with Gasteiger partial charge in [0.15, 0.2) is 0 Å². The van der Waals surface area contributed by atoms with Crippen LogP contribution in [-0.2, 0) is 4.74 Å². The zero-order chi connectivity index (χ0) is 12.5. The van der Waals surface area contributed by atoms with Gasteiger partial charge in [0, 0.05) is 25.8 Å². The van der Waals surface area contributed by atoms with Gasteiger partial charge in [0.2, 0.25) is 0 Å². The highest BCUT2D eigenvalue weighted by Crippen LogP contribution is 2.16. The fourth-order valence-electron chi connectivity index (χ4n) is 2.52. The van der Waals surface area contributed by atoms with Gasteiger partial charge < -0.3 is 15.0 Å². The van der Waals surface area contributed by atoms with E-state index in [1.165, 1.54) is 38.8 Å². The van der Waals surface area contributed by atoms with E-state index < -0.39 is 0 Å². The summed E-state index contributed by atoms with van der Waals surface area (Å²) in [5.74, 6) is 0. The van der Waals surface area contributed by atoms with Crippen LogP contribution in [0.4, 0.5) is 0 Å². The van der Waals surface area contributed by atoms with Crippen LogP contribution in [0.25, 0.3) is 0 Å². The van der Waals surface area contributed by atoms with Gasteiger partial charge in [-0.25, -0.2) is 0 Å². The maximum atomic E-state index is 5.08. The summed E-state index contributed by atoms with van der Waals surface area (Å²) in [5.41, 5.74) is 0.